The number of anilines is 1. The van der Waals surface area contributed by atoms with E-state index in [4.69, 9.17) is 23.2 Å². The van der Waals surface area contributed by atoms with Crippen molar-refractivity contribution >= 4 is 57.7 Å². The second-order valence-corrected chi connectivity index (χ2v) is 5.78. The molecule has 0 saturated carbocycles. The normalized spacial score (nSPS) is 18.3. The number of hydrogen-bond donors (Lipinski definition) is 2. The van der Waals surface area contributed by atoms with Gasteiger partial charge < -0.3 is 5.32 Å². The summed E-state index contributed by atoms with van der Waals surface area (Å²) in [5, 5.41) is 4.30. The molecule has 1 fully saturated rings. The molecule has 1 aliphatic rings. The predicted molar refractivity (Wildman–Crippen MR) is 74.6 cm³/mol. The molecule has 1 saturated heterocycles. The number of rotatable bonds is 3. The van der Waals surface area contributed by atoms with E-state index in [0.717, 1.165) is 11.8 Å². The second-order valence-electron chi connectivity index (χ2n) is 3.76. The van der Waals surface area contributed by atoms with Gasteiger partial charge >= 0.3 is 0 Å². The molecular weight excluding hydrogens is 311 g/mol. The Hall–Kier alpha value is -1.24. The quantitative estimate of drug-likeness (QED) is 0.898. The van der Waals surface area contributed by atoms with Gasteiger partial charge in [-0.2, -0.15) is 0 Å². The number of nitrogens with one attached hydrogen (secondary N) is 2. The number of thioether (sulfide) groups is 1. The van der Waals surface area contributed by atoms with Crippen molar-refractivity contribution in [2.75, 3.05) is 5.32 Å². The molecule has 1 aliphatic heterocycles. The Labute approximate surface area is 123 Å². The molecule has 0 aliphatic carbocycles. The second kappa shape index (κ2) is 5.81. The van der Waals surface area contributed by atoms with Crippen LogP contribution in [0.4, 0.5) is 10.5 Å². The largest absolute Gasteiger partial charge is 0.325 e. The van der Waals surface area contributed by atoms with Gasteiger partial charge in [0.05, 0.1) is 10.7 Å². The lowest BCUT2D eigenvalue weighted by molar-refractivity contribution is -0.122. The Morgan fingerprint density at radius 1 is 1.37 bits per heavy atom. The number of carbonyl (C=O) groups excluding carboxylic acids is 3. The maximum atomic E-state index is 11.8. The monoisotopic (exact) mass is 318 g/mol. The summed E-state index contributed by atoms with van der Waals surface area (Å²) >= 11 is 12.5. The average molecular weight is 319 g/mol. The molecule has 1 aromatic rings. The Morgan fingerprint density at radius 2 is 2.11 bits per heavy atom. The highest BCUT2D eigenvalue weighted by Gasteiger charge is 2.33. The van der Waals surface area contributed by atoms with E-state index in [1.165, 1.54) is 6.07 Å². The predicted octanol–water partition coefficient (Wildman–Crippen LogP) is 2.67. The van der Waals surface area contributed by atoms with E-state index in [0.29, 0.717) is 15.7 Å². The van der Waals surface area contributed by atoms with E-state index in [-0.39, 0.29) is 6.42 Å². The number of hydrogen-bond acceptors (Lipinski definition) is 4. The maximum absolute atomic E-state index is 11.8. The SMILES string of the molecule is O=C(CC1SC(=O)NC1=O)Nc1cc(Cl)ccc1Cl. The fraction of sp³-hybridized carbons (Fsp3) is 0.182. The highest BCUT2D eigenvalue weighted by atomic mass is 35.5. The summed E-state index contributed by atoms with van der Waals surface area (Å²) in [4.78, 5) is 34.0. The summed E-state index contributed by atoms with van der Waals surface area (Å²) in [6.07, 6.45) is -0.106. The first kappa shape index (κ1) is 14.2. The van der Waals surface area contributed by atoms with Crippen LogP contribution in [0, 0.1) is 0 Å². The molecule has 1 unspecified atom stereocenters. The van der Waals surface area contributed by atoms with Gasteiger partial charge in [-0.1, -0.05) is 35.0 Å². The molecular formula is C11H8Cl2N2O3S. The first-order chi connectivity index (χ1) is 8.95. The Kier molecular flexibility index (Phi) is 4.34. The van der Waals surface area contributed by atoms with Crippen LogP contribution in [0.25, 0.3) is 0 Å². The van der Waals surface area contributed by atoms with Crippen molar-refractivity contribution in [3.05, 3.63) is 28.2 Å². The third-order valence-corrected chi connectivity index (χ3v) is 3.89. The van der Waals surface area contributed by atoms with Gasteiger partial charge in [0.1, 0.15) is 5.25 Å². The van der Waals surface area contributed by atoms with E-state index >= 15 is 0 Å². The van der Waals surface area contributed by atoms with E-state index in [1.807, 2.05) is 0 Å². The van der Waals surface area contributed by atoms with Gasteiger partial charge in [0.25, 0.3) is 5.24 Å². The number of carbonyl (C=O) groups is 3. The van der Waals surface area contributed by atoms with Crippen molar-refractivity contribution in [2.45, 2.75) is 11.7 Å². The topological polar surface area (TPSA) is 75.3 Å². The molecule has 1 atom stereocenters. The molecule has 0 aromatic heterocycles. The molecule has 2 rings (SSSR count). The first-order valence-corrected chi connectivity index (χ1v) is 6.85. The van der Waals surface area contributed by atoms with Gasteiger partial charge in [-0.15, -0.1) is 0 Å². The van der Waals surface area contributed by atoms with Crippen molar-refractivity contribution in [2.24, 2.45) is 0 Å². The zero-order valence-corrected chi connectivity index (χ0v) is 11.7. The average Bonchev–Trinajstić information content (AvgIpc) is 2.62. The van der Waals surface area contributed by atoms with Gasteiger partial charge in [-0.05, 0) is 18.2 Å². The summed E-state index contributed by atoms with van der Waals surface area (Å²) in [6, 6.07) is 4.66. The zero-order chi connectivity index (χ0) is 14.0. The molecule has 5 nitrogen and oxygen atoms in total. The van der Waals surface area contributed by atoms with Gasteiger partial charge in [-0.3, -0.25) is 19.7 Å². The lowest BCUT2D eigenvalue weighted by Crippen LogP contribution is -2.27. The van der Waals surface area contributed by atoms with Gasteiger partial charge in [0, 0.05) is 11.4 Å². The Bertz CT molecular complexity index is 565. The number of benzene rings is 1. The van der Waals surface area contributed by atoms with Crippen molar-refractivity contribution in [1.29, 1.82) is 0 Å². The number of imide groups is 1. The van der Waals surface area contributed by atoms with Crippen molar-refractivity contribution in [3.8, 4) is 0 Å². The minimum Gasteiger partial charge on any atom is -0.325 e. The molecule has 8 heteroatoms. The smallest absolute Gasteiger partial charge is 0.286 e. The van der Waals surface area contributed by atoms with Crippen molar-refractivity contribution in [1.82, 2.24) is 5.32 Å². The van der Waals surface area contributed by atoms with Crippen molar-refractivity contribution < 1.29 is 14.4 Å². The lowest BCUT2D eigenvalue weighted by atomic mass is 10.2. The zero-order valence-electron chi connectivity index (χ0n) is 9.41. The van der Waals surface area contributed by atoms with Crippen LogP contribution in [0.2, 0.25) is 10.0 Å². The van der Waals surface area contributed by atoms with Crippen LogP contribution < -0.4 is 10.6 Å². The summed E-state index contributed by atoms with van der Waals surface area (Å²) < 4.78 is 0. The van der Waals surface area contributed by atoms with Crippen LogP contribution in [-0.2, 0) is 9.59 Å². The fourth-order valence-corrected chi connectivity index (χ4v) is 2.65. The lowest BCUT2D eigenvalue weighted by Gasteiger charge is -2.09. The standard InChI is InChI=1S/C11H8Cl2N2O3S/c12-5-1-2-6(13)7(3-5)14-9(16)4-8-10(17)15-11(18)19-8/h1-3,8H,4H2,(H,14,16)(H,15,17,18). The highest BCUT2D eigenvalue weighted by Crippen LogP contribution is 2.27. The van der Waals surface area contributed by atoms with Gasteiger partial charge in [0.2, 0.25) is 11.8 Å². The molecule has 1 heterocycles. The van der Waals surface area contributed by atoms with E-state index in [1.54, 1.807) is 12.1 Å². The summed E-state index contributed by atoms with van der Waals surface area (Å²) in [5.41, 5.74) is 0.369. The van der Waals surface area contributed by atoms with Crippen LogP contribution in [0.15, 0.2) is 18.2 Å². The Morgan fingerprint density at radius 3 is 2.74 bits per heavy atom. The van der Waals surface area contributed by atoms with Crippen LogP contribution in [0.5, 0.6) is 0 Å². The molecule has 3 amide bonds. The first-order valence-electron chi connectivity index (χ1n) is 5.22. The van der Waals surface area contributed by atoms with Gasteiger partial charge in [-0.25, -0.2) is 0 Å². The number of amides is 3. The molecule has 2 N–H and O–H groups in total. The summed E-state index contributed by atoms with van der Waals surface area (Å²) in [6.45, 7) is 0. The molecule has 0 spiro atoms. The van der Waals surface area contributed by atoms with Crippen LogP contribution >= 0.6 is 35.0 Å². The van der Waals surface area contributed by atoms with Crippen LogP contribution in [-0.4, -0.2) is 22.3 Å². The van der Waals surface area contributed by atoms with E-state index in [2.05, 4.69) is 10.6 Å². The van der Waals surface area contributed by atoms with E-state index in [9.17, 15) is 14.4 Å². The molecule has 1 aromatic carbocycles. The van der Waals surface area contributed by atoms with E-state index < -0.39 is 22.3 Å². The third-order valence-electron chi connectivity index (χ3n) is 2.34. The minimum absolute atomic E-state index is 0.106. The maximum Gasteiger partial charge on any atom is 0.286 e. The highest BCUT2D eigenvalue weighted by molar-refractivity contribution is 8.15. The van der Waals surface area contributed by atoms with Crippen LogP contribution in [0.1, 0.15) is 6.42 Å². The third kappa shape index (κ3) is 3.62. The summed E-state index contributed by atoms with van der Waals surface area (Å²) in [5.74, 6) is -0.867. The molecule has 0 radical (unpaired) electrons. The molecule has 19 heavy (non-hydrogen) atoms. The van der Waals surface area contributed by atoms with Gasteiger partial charge in [0.15, 0.2) is 0 Å². The fourth-order valence-electron chi connectivity index (χ4n) is 1.49. The Balaban J connectivity index is 2.00. The van der Waals surface area contributed by atoms with Crippen molar-refractivity contribution in [3.63, 3.8) is 0 Å². The minimum atomic E-state index is -0.703. The molecule has 100 valence electrons. The van der Waals surface area contributed by atoms with Crippen LogP contribution in [0.3, 0.4) is 0 Å². The summed E-state index contributed by atoms with van der Waals surface area (Å²) in [7, 11) is 0. The number of halogens is 2. The molecule has 0 bridgehead atoms.